The van der Waals surface area contributed by atoms with Crippen molar-refractivity contribution in [1.29, 1.82) is 0 Å². The Hall–Kier alpha value is -3.06. The van der Waals surface area contributed by atoms with Crippen molar-refractivity contribution in [2.24, 2.45) is 0 Å². The molecule has 1 amide bonds. The van der Waals surface area contributed by atoms with E-state index in [1.807, 2.05) is 37.6 Å². The molecule has 8 heteroatoms. The van der Waals surface area contributed by atoms with E-state index in [1.165, 1.54) is 0 Å². The number of halogens is 1. The van der Waals surface area contributed by atoms with Crippen LogP contribution in [0.25, 0.3) is 22.3 Å². The number of nitrogens with one attached hydrogen (secondary N) is 1. The first-order chi connectivity index (χ1) is 13.5. The Kier molecular flexibility index (Phi) is 4.68. The normalized spacial score (nSPS) is 12.4. The number of furan rings is 1. The Labute approximate surface area is 166 Å². The van der Waals surface area contributed by atoms with Crippen molar-refractivity contribution in [2.75, 3.05) is 0 Å². The van der Waals surface area contributed by atoms with Crippen molar-refractivity contribution in [3.05, 3.63) is 58.7 Å². The molecule has 28 heavy (non-hydrogen) atoms. The lowest BCUT2D eigenvalue weighted by Gasteiger charge is -2.09. The minimum absolute atomic E-state index is 0.199. The van der Waals surface area contributed by atoms with Gasteiger partial charge in [0.05, 0.1) is 17.8 Å². The molecule has 1 N–H and O–H groups in total. The molecule has 3 heterocycles. The van der Waals surface area contributed by atoms with Gasteiger partial charge in [-0.25, -0.2) is 0 Å². The first-order valence-electron chi connectivity index (χ1n) is 8.95. The van der Waals surface area contributed by atoms with Gasteiger partial charge in [-0.05, 0) is 45.0 Å². The zero-order chi connectivity index (χ0) is 19.8. The Balaban J connectivity index is 1.51. The fraction of sp³-hybridized carbons (Fsp3) is 0.250. The van der Waals surface area contributed by atoms with Crippen molar-refractivity contribution in [2.45, 2.75) is 33.4 Å². The molecule has 0 bridgehead atoms. The van der Waals surface area contributed by atoms with Gasteiger partial charge >= 0.3 is 0 Å². The van der Waals surface area contributed by atoms with Crippen LogP contribution in [0, 0.1) is 6.92 Å². The summed E-state index contributed by atoms with van der Waals surface area (Å²) in [6.45, 7) is 6.56. The summed E-state index contributed by atoms with van der Waals surface area (Å²) in [6.07, 6.45) is 1.71. The molecule has 0 saturated heterocycles. The minimum atomic E-state index is -0.346. The second kappa shape index (κ2) is 7.16. The van der Waals surface area contributed by atoms with Gasteiger partial charge in [-0.2, -0.15) is 5.10 Å². The first-order valence-corrected chi connectivity index (χ1v) is 9.33. The highest BCUT2D eigenvalue weighted by atomic mass is 35.5. The van der Waals surface area contributed by atoms with E-state index in [2.05, 4.69) is 15.6 Å². The zero-order valence-corrected chi connectivity index (χ0v) is 16.4. The molecule has 0 aliphatic carbocycles. The third-order valence-electron chi connectivity index (χ3n) is 4.68. The summed E-state index contributed by atoms with van der Waals surface area (Å²) in [7, 11) is 0. The first kappa shape index (κ1) is 18.3. The molecule has 1 aromatic carbocycles. The molecule has 144 valence electrons. The van der Waals surface area contributed by atoms with E-state index in [0.29, 0.717) is 22.1 Å². The second-order valence-corrected chi connectivity index (χ2v) is 7.00. The van der Waals surface area contributed by atoms with Crippen molar-refractivity contribution in [3.8, 4) is 11.3 Å². The quantitative estimate of drug-likeness (QED) is 0.524. The number of benzene rings is 1. The SMILES string of the molecule is CCn1ncc(-c2cc(C(=O)NC(C)c3cc4cc(Cl)ccc4o3)no2)c1C. The number of aryl methyl sites for hydroxylation is 1. The molecule has 4 rings (SSSR count). The molecule has 1 unspecified atom stereocenters. The Morgan fingerprint density at radius 3 is 2.89 bits per heavy atom. The van der Waals surface area contributed by atoms with Gasteiger partial charge < -0.3 is 14.3 Å². The molecule has 4 aromatic rings. The summed E-state index contributed by atoms with van der Waals surface area (Å²) in [4.78, 5) is 12.6. The van der Waals surface area contributed by atoms with Crippen LogP contribution in [0.2, 0.25) is 5.02 Å². The smallest absolute Gasteiger partial charge is 0.274 e. The van der Waals surface area contributed by atoms with Crippen LogP contribution in [0.15, 0.2) is 45.5 Å². The highest BCUT2D eigenvalue weighted by Crippen LogP contribution is 2.27. The van der Waals surface area contributed by atoms with E-state index in [0.717, 1.165) is 23.2 Å². The number of rotatable bonds is 5. The molecule has 0 saturated carbocycles. The van der Waals surface area contributed by atoms with Crippen molar-refractivity contribution >= 4 is 28.5 Å². The Morgan fingerprint density at radius 1 is 1.32 bits per heavy atom. The number of carbonyl (C=O) groups excluding carboxylic acids is 1. The van der Waals surface area contributed by atoms with E-state index in [1.54, 1.807) is 24.4 Å². The van der Waals surface area contributed by atoms with Crippen LogP contribution in [-0.2, 0) is 6.54 Å². The third kappa shape index (κ3) is 3.29. The molecule has 0 aliphatic heterocycles. The maximum Gasteiger partial charge on any atom is 0.274 e. The lowest BCUT2D eigenvalue weighted by molar-refractivity contribution is 0.0926. The summed E-state index contributed by atoms with van der Waals surface area (Å²) in [6, 6.07) is 8.52. The number of aromatic nitrogens is 3. The van der Waals surface area contributed by atoms with Crippen molar-refractivity contribution in [1.82, 2.24) is 20.3 Å². The van der Waals surface area contributed by atoms with Crippen LogP contribution < -0.4 is 5.32 Å². The van der Waals surface area contributed by atoms with Gasteiger partial charge in [0.25, 0.3) is 5.91 Å². The van der Waals surface area contributed by atoms with Crippen LogP contribution in [-0.4, -0.2) is 20.8 Å². The predicted molar refractivity (Wildman–Crippen MR) is 105 cm³/mol. The number of carbonyl (C=O) groups is 1. The van der Waals surface area contributed by atoms with E-state index in [9.17, 15) is 4.79 Å². The van der Waals surface area contributed by atoms with E-state index in [4.69, 9.17) is 20.5 Å². The average Bonchev–Trinajstić information content (AvgIpc) is 3.38. The monoisotopic (exact) mass is 398 g/mol. The van der Waals surface area contributed by atoms with Crippen LogP contribution in [0.1, 0.15) is 41.8 Å². The molecule has 0 radical (unpaired) electrons. The largest absolute Gasteiger partial charge is 0.459 e. The van der Waals surface area contributed by atoms with Crippen molar-refractivity contribution in [3.63, 3.8) is 0 Å². The lowest BCUT2D eigenvalue weighted by Crippen LogP contribution is -2.26. The number of hydrogen-bond donors (Lipinski definition) is 1. The fourth-order valence-electron chi connectivity index (χ4n) is 3.11. The molecular weight excluding hydrogens is 380 g/mol. The van der Waals surface area contributed by atoms with Gasteiger partial charge in [-0.15, -0.1) is 0 Å². The molecule has 1 atom stereocenters. The maximum atomic E-state index is 12.6. The molecular formula is C20H19ClN4O3. The summed E-state index contributed by atoms with van der Waals surface area (Å²) >= 11 is 6.01. The van der Waals surface area contributed by atoms with Gasteiger partial charge in [0.1, 0.15) is 11.3 Å². The van der Waals surface area contributed by atoms with Crippen LogP contribution in [0.3, 0.4) is 0 Å². The van der Waals surface area contributed by atoms with Crippen molar-refractivity contribution < 1.29 is 13.7 Å². The van der Waals surface area contributed by atoms with E-state index in [-0.39, 0.29) is 17.6 Å². The molecule has 0 aliphatic rings. The average molecular weight is 399 g/mol. The van der Waals surface area contributed by atoms with Gasteiger partial charge in [-0.3, -0.25) is 9.48 Å². The predicted octanol–water partition coefficient (Wildman–Crippen LogP) is 4.76. The van der Waals surface area contributed by atoms with Crippen LogP contribution in [0.4, 0.5) is 0 Å². The highest BCUT2D eigenvalue weighted by Gasteiger charge is 2.20. The van der Waals surface area contributed by atoms with Crippen LogP contribution in [0.5, 0.6) is 0 Å². The number of fused-ring (bicyclic) bond motifs is 1. The zero-order valence-electron chi connectivity index (χ0n) is 15.7. The Bertz CT molecular complexity index is 1160. The number of amides is 1. The molecule has 0 spiro atoms. The van der Waals surface area contributed by atoms with E-state index < -0.39 is 0 Å². The molecule has 7 nitrogen and oxygen atoms in total. The summed E-state index contributed by atoms with van der Waals surface area (Å²) in [5.74, 6) is 0.796. The van der Waals surface area contributed by atoms with Gasteiger partial charge in [0.2, 0.25) is 0 Å². The Morgan fingerprint density at radius 2 is 2.14 bits per heavy atom. The highest BCUT2D eigenvalue weighted by molar-refractivity contribution is 6.31. The summed E-state index contributed by atoms with van der Waals surface area (Å²) < 4.78 is 13.0. The number of nitrogens with zero attached hydrogens (tertiary/aromatic N) is 3. The lowest BCUT2D eigenvalue weighted by atomic mass is 10.2. The topological polar surface area (TPSA) is 86.1 Å². The number of hydrogen-bond acceptors (Lipinski definition) is 5. The third-order valence-corrected chi connectivity index (χ3v) is 4.92. The van der Waals surface area contributed by atoms with Crippen LogP contribution >= 0.6 is 11.6 Å². The summed E-state index contributed by atoms with van der Waals surface area (Å²) in [5, 5.41) is 12.6. The standard InChI is InChI=1S/C20H19ClN4O3/c1-4-25-12(3)15(10-22-25)19-9-16(24-28-19)20(26)23-11(2)18-8-13-7-14(21)5-6-17(13)27-18/h5-11H,4H2,1-3H3,(H,23,26). The van der Waals surface area contributed by atoms with Gasteiger partial charge in [-0.1, -0.05) is 16.8 Å². The summed E-state index contributed by atoms with van der Waals surface area (Å²) in [5.41, 5.74) is 2.69. The van der Waals surface area contributed by atoms with Gasteiger partial charge in [0, 0.05) is 28.7 Å². The van der Waals surface area contributed by atoms with Gasteiger partial charge in [0.15, 0.2) is 11.5 Å². The van der Waals surface area contributed by atoms with E-state index >= 15 is 0 Å². The maximum absolute atomic E-state index is 12.6. The minimum Gasteiger partial charge on any atom is -0.459 e. The molecule has 0 fully saturated rings. The fourth-order valence-corrected chi connectivity index (χ4v) is 3.29. The molecule has 3 aromatic heterocycles. The second-order valence-electron chi connectivity index (χ2n) is 6.56.